The predicted octanol–water partition coefficient (Wildman–Crippen LogP) is 3.48. The van der Waals surface area contributed by atoms with Crippen LogP contribution in [0.4, 0.5) is 8.78 Å². The molecule has 2 heterocycles. The second kappa shape index (κ2) is 6.46. The molecule has 4 rings (SSSR count). The summed E-state index contributed by atoms with van der Waals surface area (Å²) in [4.78, 5) is 6.56. The number of likely N-dealkylation sites (tertiary alicyclic amines) is 1. The number of halogens is 2. The van der Waals surface area contributed by atoms with E-state index in [1.54, 1.807) is 18.3 Å². The van der Waals surface area contributed by atoms with Crippen LogP contribution in [0, 0.1) is 23.5 Å². The lowest BCUT2D eigenvalue weighted by Gasteiger charge is -2.52. The van der Waals surface area contributed by atoms with E-state index in [0.29, 0.717) is 25.2 Å². The molecule has 25 heavy (non-hydrogen) atoms. The van der Waals surface area contributed by atoms with Crippen molar-refractivity contribution in [3.05, 3.63) is 65.5 Å². The molecule has 1 aliphatic heterocycles. The van der Waals surface area contributed by atoms with Crippen LogP contribution < -0.4 is 0 Å². The lowest BCUT2D eigenvalue weighted by atomic mass is 9.64. The molecule has 1 aromatic carbocycles. The fourth-order valence-electron chi connectivity index (χ4n) is 4.60. The zero-order valence-electron chi connectivity index (χ0n) is 14.0. The Morgan fingerprint density at radius 1 is 1.08 bits per heavy atom. The number of benzene rings is 1. The zero-order chi connectivity index (χ0) is 17.4. The first-order valence-corrected chi connectivity index (χ1v) is 8.88. The Labute approximate surface area is 146 Å². The second-order valence-corrected chi connectivity index (χ2v) is 7.27. The molecular weight excluding hydrogens is 322 g/mol. The van der Waals surface area contributed by atoms with Crippen molar-refractivity contribution in [1.29, 1.82) is 0 Å². The van der Waals surface area contributed by atoms with Crippen molar-refractivity contribution in [2.45, 2.75) is 31.4 Å². The standard InChI is InChI=1S/C20H22F2N2O/c21-17-8-3-5-14(19(17)22)11-24-12-15-6-4-7-16(13-24)20(15,25)18-9-1-2-10-23-18/h1-3,5,8-10,15-16,25H,4,6-7,11-13H2/t15-,16-/m0/s1. The number of aromatic nitrogens is 1. The highest BCUT2D eigenvalue weighted by atomic mass is 19.2. The molecule has 0 spiro atoms. The van der Waals surface area contributed by atoms with Gasteiger partial charge < -0.3 is 5.11 Å². The Morgan fingerprint density at radius 3 is 2.52 bits per heavy atom. The highest BCUT2D eigenvalue weighted by Crippen LogP contribution is 2.48. The monoisotopic (exact) mass is 344 g/mol. The van der Waals surface area contributed by atoms with Crippen LogP contribution in [0.15, 0.2) is 42.6 Å². The van der Waals surface area contributed by atoms with Crippen LogP contribution in [0.2, 0.25) is 0 Å². The molecule has 1 N–H and O–H groups in total. The molecule has 1 aromatic heterocycles. The van der Waals surface area contributed by atoms with Crippen molar-refractivity contribution in [3.63, 3.8) is 0 Å². The summed E-state index contributed by atoms with van der Waals surface area (Å²) < 4.78 is 27.5. The van der Waals surface area contributed by atoms with E-state index in [1.807, 2.05) is 18.2 Å². The maximum absolute atomic E-state index is 14.0. The summed E-state index contributed by atoms with van der Waals surface area (Å²) in [6.07, 6.45) is 4.65. The van der Waals surface area contributed by atoms with Crippen molar-refractivity contribution in [2.75, 3.05) is 13.1 Å². The second-order valence-electron chi connectivity index (χ2n) is 7.27. The van der Waals surface area contributed by atoms with Gasteiger partial charge in [0.05, 0.1) is 5.69 Å². The van der Waals surface area contributed by atoms with Crippen molar-refractivity contribution >= 4 is 0 Å². The van der Waals surface area contributed by atoms with Gasteiger partial charge in [-0.15, -0.1) is 0 Å². The number of fused-ring (bicyclic) bond motifs is 2. The first-order chi connectivity index (χ1) is 12.1. The lowest BCUT2D eigenvalue weighted by molar-refractivity contribution is -0.151. The number of piperidine rings is 1. The van der Waals surface area contributed by atoms with Crippen LogP contribution in [0.1, 0.15) is 30.5 Å². The average Bonchev–Trinajstić information content (AvgIpc) is 2.60. The molecule has 0 unspecified atom stereocenters. The first kappa shape index (κ1) is 16.6. The molecule has 2 aliphatic rings. The molecule has 2 aromatic rings. The van der Waals surface area contributed by atoms with Gasteiger partial charge in [-0.2, -0.15) is 0 Å². The fraction of sp³-hybridized carbons (Fsp3) is 0.450. The van der Waals surface area contributed by atoms with Crippen LogP contribution in [0.3, 0.4) is 0 Å². The van der Waals surface area contributed by atoms with Gasteiger partial charge in [-0.05, 0) is 31.0 Å². The van der Waals surface area contributed by atoms with Gasteiger partial charge >= 0.3 is 0 Å². The number of aliphatic hydroxyl groups is 1. The largest absolute Gasteiger partial charge is 0.383 e. The molecule has 2 atom stereocenters. The topological polar surface area (TPSA) is 36.4 Å². The minimum Gasteiger partial charge on any atom is -0.383 e. The molecule has 132 valence electrons. The van der Waals surface area contributed by atoms with Crippen molar-refractivity contribution in [1.82, 2.24) is 9.88 Å². The third-order valence-corrected chi connectivity index (χ3v) is 5.81. The number of hydrogen-bond donors (Lipinski definition) is 1. The van der Waals surface area contributed by atoms with E-state index in [1.165, 1.54) is 0 Å². The van der Waals surface area contributed by atoms with Gasteiger partial charge in [0.2, 0.25) is 0 Å². The molecule has 1 saturated carbocycles. The van der Waals surface area contributed by atoms with Gasteiger partial charge in [0.25, 0.3) is 0 Å². The quantitative estimate of drug-likeness (QED) is 0.926. The van der Waals surface area contributed by atoms with Crippen molar-refractivity contribution < 1.29 is 13.9 Å². The van der Waals surface area contributed by atoms with E-state index < -0.39 is 17.2 Å². The number of rotatable bonds is 3. The fourth-order valence-corrected chi connectivity index (χ4v) is 4.60. The van der Waals surface area contributed by atoms with Gasteiger partial charge in [-0.1, -0.05) is 24.6 Å². The Balaban J connectivity index is 1.58. The van der Waals surface area contributed by atoms with Crippen LogP contribution >= 0.6 is 0 Å². The molecular formula is C20H22F2N2O. The minimum atomic E-state index is -0.920. The molecule has 1 aliphatic carbocycles. The van der Waals surface area contributed by atoms with Crippen LogP contribution in [-0.2, 0) is 12.1 Å². The van der Waals surface area contributed by atoms with Crippen LogP contribution in [0.5, 0.6) is 0 Å². The summed E-state index contributed by atoms with van der Waals surface area (Å²) in [6, 6.07) is 9.97. The number of pyridine rings is 1. The smallest absolute Gasteiger partial charge is 0.163 e. The van der Waals surface area contributed by atoms with Crippen molar-refractivity contribution in [2.24, 2.45) is 11.8 Å². The van der Waals surface area contributed by atoms with Gasteiger partial charge in [0.1, 0.15) is 5.60 Å². The first-order valence-electron chi connectivity index (χ1n) is 8.88. The van der Waals surface area contributed by atoms with Gasteiger partial charge in [0.15, 0.2) is 11.6 Å². The molecule has 2 bridgehead atoms. The summed E-state index contributed by atoms with van der Waals surface area (Å²) in [5.74, 6) is -1.45. The van der Waals surface area contributed by atoms with E-state index in [9.17, 15) is 13.9 Å². The highest BCUT2D eigenvalue weighted by Gasteiger charge is 2.52. The average molecular weight is 344 g/mol. The summed E-state index contributed by atoms with van der Waals surface area (Å²) in [6.45, 7) is 1.70. The van der Waals surface area contributed by atoms with Gasteiger partial charge in [0, 0.05) is 43.2 Å². The van der Waals surface area contributed by atoms with Gasteiger partial charge in [-0.25, -0.2) is 8.78 Å². The SMILES string of the molecule is OC1(c2ccccn2)[C@H]2CCC[C@H]1CN(Cc1cccc(F)c1F)C2. The van der Waals surface area contributed by atoms with Crippen LogP contribution in [-0.4, -0.2) is 28.1 Å². The summed E-state index contributed by atoms with van der Waals surface area (Å²) in [5.41, 5.74) is 0.193. The lowest BCUT2D eigenvalue weighted by Crippen LogP contribution is -2.58. The molecule has 3 nitrogen and oxygen atoms in total. The third-order valence-electron chi connectivity index (χ3n) is 5.81. The van der Waals surface area contributed by atoms with E-state index in [2.05, 4.69) is 9.88 Å². The summed E-state index contributed by atoms with van der Waals surface area (Å²) in [5, 5.41) is 11.5. The number of nitrogens with zero attached hydrogens (tertiary/aromatic N) is 2. The Kier molecular flexibility index (Phi) is 4.29. The normalized spacial score (nSPS) is 29.6. The molecule has 2 fully saturated rings. The third kappa shape index (κ3) is 2.85. The Morgan fingerprint density at radius 2 is 1.84 bits per heavy atom. The summed E-state index contributed by atoms with van der Waals surface area (Å²) >= 11 is 0. The van der Waals surface area contributed by atoms with Crippen molar-refractivity contribution in [3.8, 4) is 0 Å². The van der Waals surface area contributed by atoms with E-state index in [4.69, 9.17) is 0 Å². The Hall–Kier alpha value is -1.85. The molecule has 0 amide bonds. The molecule has 5 heteroatoms. The molecule has 1 saturated heterocycles. The minimum absolute atomic E-state index is 0.0616. The maximum atomic E-state index is 14.0. The Bertz CT molecular complexity index is 739. The van der Waals surface area contributed by atoms with Gasteiger partial charge in [-0.3, -0.25) is 9.88 Å². The summed E-state index contributed by atoms with van der Waals surface area (Å²) in [7, 11) is 0. The molecule has 0 radical (unpaired) electrons. The van der Waals surface area contributed by atoms with E-state index in [-0.39, 0.29) is 11.8 Å². The van der Waals surface area contributed by atoms with E-state index in [0.717, 1.165) is 31.0 Å². The maximum Gasteiger partial charge on any atom is 0.163 e. The zero-order valence-corrected chi connectivity index (χ0v) is 14.0. The van der Waals surface area contributed by atoms with Crippen LogP contribution in [0.25, 0.3) is 0 Å². The number of hydrogen-bond acceptors (Lipinski definition) is 3. The van der Waals surface area contributed by atoms with E-state index >= 15 is 0 Å². The highest BCUT2D eigenvalue weighted by molar-refractivity contribution is 5.22. The predicted molar refractivity (Wildman–Crippen MR) is 90.6 cm³/mol.